The molecule has 140 valence electrons. The molecule has 0 saturated carbocycles. The number of benzene rings is 2. The first-order chi connectivity index (χ1) is 12.8. The standard InChI is InChI=1S/C19H15ClFNO5/c1-26-18(24)11-8-12(19(25)27-2)10-13(9-11)22-17(23)7-6-14-15(20)4-3-5-16(14)21/h3-10H,1-2H3,(H,22,23)/b7-6+. The van der Waals surface area contributed by atoms with Gasteiger partial charge in [-0.3, -0.25) is 4.79 Å². The van der Waals surface area contributed by atoms with Gasteiger partial charge in [0.05, 0.1) is 30.4 Å². The second-order valence-electron chi connectivity index (χ2n) is 5.24. The molecular formula is C19H15ClFNO5. The summed E-state index contributed by atoms with van der Waals surface area (Å²) in [5.41, 5.74) is 0.328. The average molecular weight is 392 g/mol. The maximum absolute atomic E-state index is 13.7. The number of esters is 2. The van der Waals surface area contributed by atoms with Crippen LogP contribution in [0.15, 0.2) is 42.5 Å². The van der Waals surface area contributed by atoms with Crippen LogP contribution in [0.1, 0.15) is 26.3 Å². The fourth-order valence-corrected chi connectivity index (χ4v) is 2.41. The Labute approximate surface area is 159 Å². The maximum atomic E-state index is 13.7. The molecule has 1 N–H and O–H groups in total. The quantitative estimate of drug-likeness (QED) is 0.620. The Morgan fingerprint density at radius 3 is 2.15 bits per heavy atom. The molecule has 2 aromatic rings. The van der Waals surface area contributed by atoms with Crippen LogP contribution >= 0.6 is 11.6 Å². The predicted octanol–water partition coefficient (Wildman–Crippen LogP) is 3.70. The van der Waals surface area contributed by atoms with Crippen LogP contribution in [0.25, 0.3) is 6.08 Å². The zero-order chi connectivity index (χ0) is 20.0. The largest absolute Gasteiger partial charge is 0.465 e. The van der Waals surface area contributed by atoms with Crippen molar-refractivity contribution in [3.63, 3.8) is 0 Å². The van der Waals surface area contributed by atoms with Crippen molar-refractivity contribution >= 4 is 41.2 Å². The van der Waals surface area contributed by atoms with E-state index in [1.807, 2.05) is 0 Å². The topological polar surface area (TPSA) is 81.7 Å². The van der Waals surface area contributed by atoms with Crippen molar-refractivity contribution < 1.29 is 28.2 Å². The molecule has 0 aromatic heterocycles. The molecule has 2 aromatic carbocycles. The Kier molecular flexibility index (Phi) is 6.67. The Morgan fingerprint density at radius 1 is 1.04 bits per heavy atom. The number of methoxy groups -OCH3 is 2. The van der Waals surface area contributed by atoms with E-state index in [0.717, 1.165) is 6.08 Å². The summed E-state index contributed by atoms with van der Waals surface area (Å²) in [6.07, 6.45) is 2.30. The highest BCUT2D eigenvalue weighted by Crippen LogP contribution is 2.21. The molecule has 0 heterocycles. The molecule has 1 amide bonds. The van der Waals surface area contributed by atoms with Gasteiger partial charge in [-0.2, -0.15) is 0 Å². The summed E-state index contributed by atoms with van der Waals surface area (Å²) in [6, 6.07) is 8.10. The summed E-state index contributed by atoms with van der Waals surface area (Å²) < 4.78 is 23.0. The second-order valence-corrected chi connectivity index (χ2v) is 5.65. The Balaban J connectivity index is 2.27. The van der Waals surface area contributed by atoms with Gasteiger partial charge in [0.2, 0.25) is 5.91 Å². The highest BCUT2D eigenvalue weighted by molar-refractivity contribution is 6.32. The Hall–Kier alpha value is -3.19. The second kappa shape index (κ2) is 8.95. The van der Waals surface area contributed by atoms with Crippen molar-refractivity contribution in [3.05, 3.63) is 70.0 Å². The van der Waals surface area contributed by atoms with E-state index in [9.17, 15) is 18.8 Å². The van der Waals surface area contributed by atoms with E-state index in [-0.39, 0.29) is 27.4 Å². The van der Waals surface area contributed by atoms with Crippen molar-refractivity contribution in [2.75, 3.05) is 19.5 Å². The maximum Gasteiger partial charge on any atom is 0.337 e. The van der Waals surface area contributed by atoms with Gasteiger partial charge in [0.1, 0.15) is 5.82 Å². The average Bonchev–Trinajstić information content (AvgIpc) is 2.65. The number of nitrogens with one attached hydrogen (secondary N) is 1. The van der Waals surface area contributed by atoms with E-state index in [0.29, 0.717) is 0 Å². The van der Waals surface area contributed by atoms with E-state index in [2.05, 4.69) is 14.8 Å². The molecule has 0 radical (unpaired) electrons. The summed E-state index contributed by atoms with van der Waals surface area (Å²) in [7, 11) is 2.37. The van der Waals surface area contributed by atoms with Gasteiger partial charge < -0.3 is 14.8 Å². The monoisotopic (exact) mass is 391 g/mol. The van der Waals surface area contributed by atoms with Crippen molar-refractivity contribution in [2.45, 2.75) is 0 Å². The molecule has 0 spiro atoms. The minimum absolute atomic E-state index is 0.0526. The predicted molar refractivity (Wildman–Crippen MR) is 98.2 cm³/mol. The van der Waals surface area contributed by atoms with E-state index < -0.39 is 23.7 Å². The molecule has 27 heavy (non-hydrogen) atoms. The number of anilines is 1. The first-order valence-corrected chi connectivity index (χ1v) is 7.98. The van der Waals surface area contributed by atoms with Crippen LogP contribution in [-0.4, -0.2) is 32.1 Å². The molecule has 0 saturated heterocycles. The Morgan fingerprint density at radius 2 is 1.63 bits per heavy atom. The molecule has 0 aliphatic heterocycles. The van der Waals surface area contributed by atoms with Crippen molar-refractivity contribution in [2.24, 2.45) is 0 Å². The highest BCUT2D eigenvalue weighted by atomic mass is 35.5. The molecule has 0 atom stereocenters. The number of halogens is 2. The lowest BCUT2D eigenvalue weighted by molar-refractivity contribution is -0.111. The highest BCUT2D eigenvalue weighted by Gasteiger charge is 2.14. The summed E-state index contributed by atoms with van der Waals surface area (Å²) >= 11 is 5.89. The van der Waals surface area contributed by atoms with Gasteiger partial charge in [0.15, 0.2) is 0 Å². The van der Waals surface area contributed by atoms with Gasteiger partial charge in [-0.15, -0.1) is 0 Å². The van der Waals surface area contributed by atoms with E-state index in [1.54, 1.807) is 0 Å². The van der Waals surface area contributed by atoms with Crippen LogP contribution in [0.2, 0.25) is 5.02 Å². The minimum Gasteiger partial charge on any atom is -0.465 e. The zero-order valence-electron chi connectivity index (χ0n) is 14.4. The van der Waals surface area contributed by atoms with Crippen LogP contribution in [0.3, 0.4) is 0 Å². The van der Waals surface area contributed by atoms with Crippen LogP contribution in [0.5, 0.6) is 0 Å². The van der Waals surface area contributed by atoms with Gasteiger partial charge in [-0.1, -0.05) is 17.7 Å². The van der Waals surface area contributed by atoms with Gasteiger partial charge in [0.25, 0.3) is 0 Å². The number of hydrogen-bond donors (Lipinski definition) is 1. The summed E-state index contributed by atoms with van der Waals surface area (Å²) in [5.74, 6) is -2.57. The molecule has 0 fully saturated rings. The van der Waals surface area contributed by atoms with Gasteiger partial charge >= 0.3 is 11.9 Å². The fraction of sp³-hybridized carbons (Fsp3) is 0.105. The zero-order valence-corrected chi connectivity index (χ0v) is 15.2. The summed E-state index contributed by atoms with van der Waals surface area (Å²) in [6.45, 7) is 0. The van der Waals surface area contributed by atoms with Crippen LogP contribution in [0, 0.1) is 5.82 Å². The molecule has 8 heteroatoms. The third-order valence-electron chi connectivity index (χ3n) is 3.44. The molecule has 2 rings (SSSR count). The SMILES string of the molecule is COC(=O)c1cc(NC(=O)/C=C/c2c(F)cccc2Cl)cc(C(=O)OC)c1. The fourth-order valence-electron chi connectivity index (χ4n) is 2.18. The van der Waals surface area contributed by atoms with Gasteiger partial charge in [-0.25, -0.2) is 14.0 Å². The van der Waals surface area contributed by atoms with Gasteiger partial charge in [-0.05, 0) is 36.4 Å². The van der Waals surface area contributed by atoms with E-state index in [1.165, 1.54) is 56.7 Å². The lowest BCUT2D eigenvalue weighted by atomic mass is 10.1. The molecule has 0 aliphatic rings. The lowest BCUT2D eigenvalue weighted by Crippen LogP contribution is -2.12. The number of rotatable bonds is 5. The van der Waals surface area contributed by atoms with Crippen molar-refractivity contribution in [1.29, 1.82) is 0 Å². The molecule has 0 unspecified atom stereocenters. The third-order valence-corrected chi connectivity index (χ3v) is 3.77. The first kappa shape index (κ1) is 20.1. The number of carbonyl (C=O) groups is 3. The van der Waals surface area contributed by atoms with Crippen LogP contribution < -0.4 is 5.32 Å². The van der Waals surface area contributed by atoms with Gasteiger partial charge in [0, 0.05) is 17.3 Å². The summed E-state index contributed by atoms with van der Waals surface area (Å²) in [5, 5.41) is 2.64. The smallest absolute Gasteiger partial charge is 0.337 e. The summed E-state index contributed by atoms with van der Waals surface area (Å²) in [4.78, 5) is 35.6. The third kappa shape index (κ3) is 5.15. The molecule has 0 bridgehead atoms. The Bertz CT molecular complexity index is 872. The number of ether oxygens (including phenoxy) is 2. The van der Waals surface area contributed by atoms with E-state index in [4.69, 9.17) is 11.6 Å². The first-order valence-electron chi connectivity index (χ1n) is 7.60. The van der Waals surface area contributed by atoms with Crippen molar-refractivity contribution in [3.8, 4) is 0 Å². The lowest BCUT2D eigenvalue weighted by Gasteiger charge is -2.08. The van der Waals surface area contributed by atoms with Crippen molar-refractivity contribution in [1.82, 2.24) is 0 Å². The molecule has 0 aliphatic carbocycles. The number of hydrogen-bond acceptors (Lipinski definition) is 5. The molecular weight excluding hydrogens is 377 g/mol. The number of amides is 1. The molecule has 6 nitrogen and oxygen atoms in total. The van der Waals surface area contributed by atoms with Crippen LogP contribution in [-0.2, 0) is 14.3 Å². The van der Waals surface area contributed by atoms with Crippen LogP contribution in [0.4, 0.5) is 10.1 Å². The normalized spacial score (nSPS) is 10.5. The minimum atomic E-state index is -0.690. The van der Waals surface area contributed by atoms with E-state index >= 15 is 0 Å². The number of carbonyl (C=O) groups excluding carboxylic acids is 3.